The second-order valence-corrected chi connectivity index (χ2v) is 5.96. The van der Waals surface area contributed by atoms with E-state index in [1.54, 1.807) is 30.1 Å². The first-order valence-electron chi connectivity index (χ1n) is 8.35. The smallest absolute Gasteiger partial charge is 0.249 e. The lowest BCUT2D eigenvalue weighted by Crippen LogP contribution is -2.15. The van der Waals surface area contributed by atoms with Crippen molar-refractivity contribution in [3.05, 3.63) is 42.1 Å². The summed E-state index contributed by atoms with van der Waals surface area (Å²) in [5.41, 5.74) is 0.853. The molecular weight excluding hydrogens is 318 g/mol. The van der Waals surface area contributed by atoms with E-state index < -0.39 is 0 Å². The van der Waals surface area contributed by atoms with Crippen LogP contribution >= 0.6 is 0 Å². The van der Waals surface area contributed by atoms with Crippen molar-refractivity contribution in [1.82, 2.24) is 9.78 Å². The number of carbonyl (C=O) groups excluding carboxylic acids is 1. The summed E-state index contributed by atoms with van der Waals surface area (Å²) in [6, 6.07) is 7.32. The number of nitrogens with one attached hydrogen (secondary N) is 1. The fourth-order valence-electron chi connectivity index (χ4n) is 2.33. The highest BCUT2D eigenvalue weighted by Crippen LogP contribution is 2.28. The third kappa shape index (κ3) is 5.38. The first-order valence-corrected chi connectivity index (χ1v) is 8.35. The van der Waals surface area contributed by atoms with Gasteiger partial charge in [-0.2, -0.15) is 5.10 Å². The van der Waals surface area contributed by atoms with E-state index in [1.165, 1.54) is 6.08 Å². The predicted molar refractivity (Wildman–Crippen MR) is 98.9 cm³/mol. The molecule has 2 rings (SSSR count). The van der Waals surface area contributed by atoms with E-state index in [0.717, 1.165) is 12.1 Å². The van der Waals surface area contributed by atoms with E-state index in [4.69, 9.17) is 9.47 Å². The van der Waals surface area contributed by atoms with Crippen LogP contribution in [0.25, 0.3) is 6.08 Å². The quantitative estimate of drug-likeness (QED) is 0.744. The Bertz CT molecular complexity index is 735. The molecule has 1 heterocycles. The van der Waals surface area contributed by atoms with Crippen LogP contribution < -0.4 is 14.8 Å². The normalized spacial score (nSPS) is 11.1. The summed E-state index contributed by atoms with van der Waals surface area (Å²) in [6.07, 6.45) is 4.90. The zero-order valence-electron chi connectivity index (χ0n) is 15.2. The van der Waals surface area contributed by atoms with Crippen molar-refractivity contribution in [3.63, 3.8) is 0 Å². The van der Waals surface area contributed by atoms with Crippen molar-refractivity contribution in [1.29, 1.82) is 0 Å². The molecule has 0 aliphatic rings. The first kappa shape index (κ1) is 18.6. The summed E-state index contributed by atoms with van der Waals surface area (Å²) in [4.78, 5) is 12.2. The average Bonchev–Trinajstić information content (AvgIpc) is 3.00. The summed E-state index contributed by atoms with van der Waals surface area (Å²) in [5.74, 6) is 2.25. The number of methoxy groups -OCH3 is 1. The van der Waals surface area contributed by atoms with Gasteiger partial charge in [0.05, 0.1) is 19.9 Å². The van der Waals surface area contributed by atoms with Gasteiger partial charge in [-0.15, -0.1) is 0 Å². The molecule has 0 aliphatic carbocycles. The molecule has 134 valence electrons. The maximum atomic E-state index is 12.2. The van der Waals surface area contributed by atoms with Crippen LogP contribution in [0.2, 0.25) is 0 Å². The fourth-order valence-corrected chi connectivity index (χ4v) is 2.33. The number of nitrogens with zero attached hydrogens (tertiary/aromatic N) is 2. The molecule has 0 atom stereocenters. The van der Waals surface area contributed by atoms with Gasteiger partial charge in [0.2, 0.25) is 5.91 Å². The second-order valence-electron chi connectivity index (χ2n) is 5.96. The van der Waals surface area contributed by atoms with Crippen LogP contribution in [0.4, 0.5) is 5.82 Å². The minimum Gasteiger partial charge on any atom is -0.493 e. The highest BCUT2D eigenvalue weighted by Gasteiger charge is 2.07. The van der Waals surface area contributed by atoms with Gasteiger partial charge in [-0.05, 0) is 36.6 Å². The molecule has 0 spiro atoms. The van der Waals surface area contributed by atoms with E-state index in [1.807, 2.05) is 25.1 Å². The predicted octanol–water partition coefficient (Wildman–Crippen LogP) is 3.60. The van der Waals surface area contributed by atoms with Gasteiger partial charge >= 0.3 is 0 Å². The molecule has 0 radical (unpaired) electrons. The van der Waals surface area contributed by atoms with E-state index >= 15 is 0 Å². The maximum absolute atomic E-state index is 12.2. The highest BCUT2D eigenvalue weighted by atomic mass is 16.5. The molecule has 6 nitrogen and oxygen atoms in total. The lowest BCUT2D eigenvalue weighted by atomic mass is 10.2. The Morgan fingerprint density at radius 3 is 2.80 bits per heavy atom. The molecular formula is C19H25N3O3. The third-order valence-corrected chi connectivity index (χ3v) is 3.42. The SMILES string of the molecule is CCOc1ccc(/C=C/C(=O)Nc2ccnn2CC(C)C)cc1OC. The molecule has 1 amide bonds. The molecule has 2 aromatic rings. The van der Waals surface area contributed by atoms with Gasteiger partial charge in [0.25, 0.3) is 0 Å². The summed E-state index contributed by atoms with van der Waals surface area (Å²) >= 11 is 0. The zero-order valence-corrected chi connectivity index (χ0v) is 15.2. The number of anilines is 1. The molecule has 1 aromatic heterocycles. The van der Waals surface area contributed by atoms with E-state index in [9.17, 15) is 4.79 Å². The van der Waals surface area contributed by atoms with Gasteiger partial charge in [0.1, 0.15) is 5.82 Å². The minimum atomic E-state index is -0.210. The Labute approximate surface area is 148 Å². The first-order chi connectivity index (χ1) is 12.0. The Balaban J connectivity index is 2.04. The molecule has 0 unspecified atom stereocenters. The van der Waals surface area contributed by atoms with E-state index in [-0.39, 0.29) is 5.91 Å². The fraction of sp³-hybridized carbons (Fsp3) is 0.368. The van der Waals surface area contributed by atoms with E-state index in [0.29, 0.717) is 29.8 Å². The number of carbonyl (C=O) groups is 1. The Kier molecular flexibility index (Phi) is 6.62. The average molecular weight is 343 g/mol. The Hall–Kier alpha value is -2.76. The minimum absolute atomic E-state index is 0.210. The highest BCUT2D eigenvalue weighted by molar-refractivity contribution is 6.01. The molecule has 0 saturated heterocycles. The molecule has 1 N–H and O–H groups in total. The lowest BCUT2D eigenvalue weighted by Gasteiger charge is -2.10. The largest absolute Gasteiger partial charge is 0.493 e. The van der Waals surface area contributed by atoms with Crippen molar-refractivity contribution in [2.24, 2.45) is 5.92 Å². The van der Waals surface area contributed by atoms with Gasteiger partial charge in [-0.1, -0.05) is 19.9 Å². The van der Waals surface area contributed by atoms with Crippen LogP contribution in [-0.4, -0.2) is 29.4 Å². The van der Waals surface area contributed by atoms with Crippen LogP contribution in [0.15, 0.2) is 36.5 Å². The molecule has 0 bridgehead atoms. The van der Waals surface area contributed by atoms with Crippen LogP contribution in [0.5, 0.6) is 11.5 Å². The Morgan fingerprint density at radius 1 is 1.32 bits per heavy atom. The molecule has 0 aliphatic heterocycles. The van der Waals surface area contributed by atoms with Crippen molar-refractivity contribution in [2.75, 3.05) is 19.0 Å². The number of aromatic nitrogens is 2. The van der Waals surface area contributed by atoms with Crippen molar-refractivity contribution in [2.45, 2.75) is 27.3 Å². The van der Waals surface area contributed by atoms with Crippen LogP contribution in [0.1, 0.15) is 26.3 Å². The third-order valence-electron chi connectivity index (χ3n) is 3.42. The summed E-state index contributed by atoms with van der Waals surface area (Å²) in [7, 11) is 1.59. The number of benzene rings is 1. The number of hydrogen-bond acceptors (Lipinski definition) is 4. The standard InChI is InChI=1S/C19H25N3O3/c1-5-25-16-8-6-15(12-17(16)24-4)7-9-19(23)21-18-10-11-20-22(18)13-14(2)3/h6-12,14H,5,13H2,1-4H3,(H,21,23)/b9-7+. The van der Waals surface area contributed by atoms with Gasteiger partial charge in [-0.3, -0.25) is 4.79 Å². The molecule has 0 saturated carbocycles. The van der Waals surface area contributed by atoms with Crippen LogP contribution in [0, 0.1) is 5.92 Å². The monoisotopic (exact) mass is 343 g/mol. The number of ether oxygens (including phenoxy) is 2. The molecule has 0 fully saturated rings. The zero-order chi connectivity index (χ0) is 18.2. The van der Waals surface area contributed by atoms with Gasteiger partial charge in [0, 0.05) is 18.7 Å². The summed E-state index contributed by atoms with van der Waals surface area (Å²) in [5, 5.41) is 7.07. The summed E-state index contributed by atoms with van der Waals surface area (Å²) < 4.78 is 12.6. The number of rotatable bonds is 8. The van der Waals surface area contributed by atoms with Crippen molar-refractivity contribution < 1.29 is 14.3 Å². The molecule has 6 heteroatoms. The summed E-state index contributed by atoms with van der Waals surface area (Å²) in [6.45, 7) is 7.45. The topological polar surface area (TPSA) is 65.4 Å². The van der Waals surface area contributed by atoms with Crippen LogP contribution in [-0.2, 0) is 11.3 Å². The van der Waals surface area contributed by atoms with Gasteiger partial charge < -0.3 is 14.8 Å². The Morgan fingerprint density at radius 2 is 2.12 bits per heavy atom. The maximum Gasteiger partial charge on any atom is 0.249 e. The number of hydrogen-bond donors (Lipinski definition) is 1. The molecule has 1 aromatic carbocycles. The van der Waals surface area contributed by atoms with Crippen molar-refractivity contribution >= 4 is 17.8 Å². The van der Waals surface area contributed by atoms with Gasteiger partial charge in [0.15, 0.2) is 11.5 Å². The van der Waals surface area contributed by atoms with Crippen molar-refractivity contribution in [3.8, 4) is 11.5 Å². The van der Waals surface area contributed by atoms with Crippen LogP contribution in [0.3, 0.4) is 0 Å². The number of amides is 1. The second kappa shape index (κ2) is 8.92. The van der Waals surface area contributed by atoms with E-state index in [2.05, 4.69) is 24.3 Å². The van der Waals surface area contributed by atoms with Gasteiger partial charge in [-0.25, -0.2) is 4.68 Å². The molecule has 25 heavy (non-hydrogen) atoms. The lowest BCUT2D eigenvalue weighted by molar-refractivity contribution is -0.111.